The van der Waals surface area contributed by atoms with Crippen LogP contribution in [0.1, 0.15) is 39.9 Å². The Bertz CT molecular complexity index is 1500. The van der Waals surface area contributed by atoms with Gasteiger partial charge in [0, 0.05) is 48.3 Å². The summed E-state index contributed by atoms with van der Waals surface area (Å²) in [6.07, 6.45) is -0.470. The van der Waals surface area contributed by atoms with E-state index in [2.05, 4.69) is 10.1 Å². The van der Waals surface area contributed by atoms with Crippen LogP contribution in [0.2, 0.25) is 0 Å². The first-order chi connectivity index (χ1) is 19.8. The molecule has 3 aliphatic rings. The summed E-state index contributed by atoms with van der Waals surface area (Å²) < 4.78 is 19.0. The average molecular weight is 598 g/mol. The lowest BCUT2D eigenvalue weighted by Gasteiger charge is -2.59. The second-order valence-electron chi connectivity index (χ2n) is 10.6. The van der Waals surface area contributed by atoms with Crippen molar-refractivity contribution in [2.75, 3.05) is 5.32 Å². The molecular formula is C25H25B2FN4O11. The Balaban J connectivity index is 1.37. The number of benzene rings is 2. The normalized spacial score (nSPS) is 30.2. The zero-order chi connectivity index (χ0) is 31.8. The van der Waals surface area contributed by atoms with Crippen molar-refractivity contribution in [2.45, 2.75) is 61.4 Å². The van der Waals surface area contributed by atoms with E-state index < -0.39 is 59.0 Å². The van der Waals surface area contributed by atoms with Gasteiger partial charge in [-0.2, -0.15) is 0 Å². The molecule has 224 valence electrons. The van der Waals surface area contributed by atoms with Crippen LogP contribution in [0.25, 0.3) is 0 Å². The minimum Gasteiger partial charge on any atom is -0.381 e. The van der Waals surface area contributed by atoms with Crippen LogP contribution in [0.3, 0.4) is 0 Å². The Morgan fingerprint density at radius 1 is 1.02 bits per heavy atom. The summed E-state index contributed by atoms with van der Waals surface area (Å²) in [5, 5.41) is 77.2. The van der Waals surface area contributed by atoms with Gasteiger partial charge in [0.05, 0.1) is 6.54 Å². The lowest BCUT2D eigenvalue weighted by Crippen LogP contribution is -2.84. The molecule has 3 atom stereocenters. The molecule has 43 heavy (non-hydrogen) atoms. The Kier molecular flexibility index (Phi) is 7.24. The summed E-state index contributed by atoms with van der Waals surface area (Å²) in [5.41, 5.74) is -8.38. The number of ether oxygens (including phenoxy) is 1. The summed E-state index contributed by atoms with van der Waals surface area (Å²) in [5.74, 6) is -10.5. The van der Waals surface area contributed by atoms with Crippen molar-refractivity contribution in [3.63, 3.8) is 0 Å². The number of hydrogen-bond acceptors (Lipinski definition) is 13. The minimum atomic E-state index is -3.80. The zero-order valence-electron chi connectivity index (χ0n) is 22.2. The van der Waals surface area contributed by atoms with Gasteiger partial charge in [0.25, 0.3) is 17.7 Å². The Hall–Kier alpha value is -3.45. The number of anilines is 1. The second-order valence-corrected chi connectivity index (χ2v) is 10.6. The Labute approximate surface area is 244 Å². The zero-order valence-corrected chi connectivity index (χ0v) is 22.2. The van der Waals surface area contributed by atoms with Crippen molar-refractivity contribution in [3.8, 4) is 0 Å². The Morgan fingerprint density at radius 2 is 1.72 bits per heavy atom. The topological polar surface area (TPSA) is 233 Å². The van der Waals surface area contributed by atoms with E-state index >= 15 is 0 Å². The molecule has 3 heterocycles. The number of nitrogens with one attached hydrogen (secondary N) is 2. The summed E-state index contributed by atoms with van der Waals surface area (Å²) in [4.78, 5) is 38.0. The van der Waals surface area contributed by atoms with Gasteiger partial charge in [0.2, 0.25) is 11.6 Å². The van der Waals surface area contributed by atoms with E-state index in [9.17, 15) is 54.5 Å². The molecule has 5 rings (SSSR count). The molecule has 15 nitrogen and oxygen atoms in total. The number of piperidine rings is 1. The lowest BCUT2D eigenvalue weighted by atomic mass is 9.78. The molecular weight excluding hydrogens is 573 g/mol. The molecule has 0 aliphatic carbocycles. The monoisotopic (exact) mass is 598 g/mol. The number of hydrogen-bond donors (Lipinski definition) is 9. The molecule has 0 spiro atoms. The number of halogens is 1. The first-order valence-electron chi connectivity index (χ1n) is 12.7. The van der Waals surface area contributed by atoms with Crippen molar-refractivity contribution in [3.05, 3.63) is 64.5 Å². The van der Waals surface area contributed by atoms with Crippen molar-refractivity contribution in [1.29, 1.82) is 0 Å². The number of carbonyl (C=O) groups excluding carboxylic acids is 3. The van der Waals surface area contributed by atoms with Crippen molar-refractivity contribution in [2.24, 2.45) is 0 Å². The number of fused-ring (bicyclic) bond motifs is 1. The van der Waals surface area contributed by atoms with Gasteiger partial charge in [-0.05, 0) is 29.8 Å². The van der Waals surface area contributed by atoms with Crippen molar-refractivity contribution >= 4 is 39.1 Å². The van der Waals surface area contributed by atoms with Crippen LogP contribution in [0, 0.1) is 5.82 Å². The van der Waals surface area contributed by atoms with E-state index in [0.717, 1.165) is 17.0 Å². The van der Waals surface area contributed by atoms with Crippen LogP contribution in [-0.2, 0) is 34.0 Å². The van der Waals surface area contributed by atoms with E-state index in [4.69, 9.17) is 15.7 Å². The highest BCUT2D eigenvalue weighted by Gasteiger charge is 2.69. The first kappa shape index (κ1) is 31.0. The van der Waals surface area contributed by atoms with E-state index in [1.165, 1.54) is 18.2 Å². The maximum Gasteiger partial charge on any atom is 0.315 e. The number of aliphatic hydroxyl groups is 7. The molecule has 3 aliphatic heterocycles. The average Bonchev–Trinajstić information content (AvgIpc) is 3.25. The molecule has 2 fully saturated rings. The number of amides is 3. The van der Waals surface area contributed by atoms with Gasteiger partial charge in [-0.25, -0.2) is 9.29 Å². The number of imide groups is 1. The van der Waals surface area contributed by atoms with E-state index in [-0.39, 0.29) is 47.5 Å². The van der Waals surface area contributed by atoms with Gasteiger partial charge < -0.3 is 41.1 Å². The van der Waals surface area contributed by atoms with Crippen LogP contribution in [0.4, 0.5) is 10.1 Å². The largest absolute Gasteiger partial charge is 0.381 e. The predicted octanol–water partition coefficient (Wildman–Crippen LogP) is -3.74. The molecule has 18 heteroatoms. The van der Waals surface area contributed by atoms with Crippen LogP contribution in [-0.4, -0.2) is 108 Å². The van der Waals surface area contributed by atoms with Gasteiger partial charge in [0.1, 0.15) is 13.7 Å². The summed E-state index contributed by atoms with van der Waals surface area (Å²) in [6.45, 7) is -1.27. The lowest BCUT2D eigenvalue weighted by molar-refractivity contribution is -0.560. The molecule has 3 unspecified atom stereocenters. The number of rotatable bonds is 6. The number of carbonyl (C=O) groups is 3. The van der Waals surface area contributed by atoms with Gasteiger partial charge >= 0.3 is 5.97 Å². The molecule has 2 aromatic rings. The third-order valence-electron chi connectivity index (χ3n) is 7.70. The summed E-state index contributed by atoms with van der Waals surface area (Å²) in [6, 6.07) is 7.90. The first-order valence-corrected chi connectivity index (χ1v) is 12.7. The van der Waals surface area contributed by atoms with Crippen molar-refractivity contribution < 1.29 is 59.3 Å². The van der Waals surface area contributed by atoms with Crippen molar-refractivity contribution in [1.82, 2.24) is 15.1 Å². The smallest absolute Gasteiger partial charge is 0.315 e. The van der Waals surface area contributed by atoms with Crippen LogP contribution in [0.5, 0.6) is 0 Å². The van der Waals surface area contributed by atoms with Crippen LogP contribution < -0.4 is 10.6 Å². The van der Waals surface area contributed by atoms with E-state index in [1.807, 2.05) is 5.32 Å². The fraction of sp³-hybridized carbons (Fsp3) is 0.400. The third kappa shape index (κ3) is 4.90. The van der Waals surface area contributed by atoms with Gasteiger partial charge in [-0.1, -0.05) is 12.1 Å². The minimum absolute atomic E-state index is 0.0118. The van der Waals surface area contributed by atoms with Gasteiger partial charge in [-0.3, -0.25) is 29.3 Å². The maximum absolute atomic E-state index is 14.8. The Morgan fingerprint density at radius 3 is 2.40 bits per heavy atom. The molecule has 2 aromatic carbocycles. The number of morpholine rings is 1. The maximum atomic E-state index is 14.8. The molecule has 9 N–H and O–H groups in total. The molecule has 2 saturated heterocycles. The molecule has 0 aromatic heterocycles. The van der Waals surface area contributed by atoms with Crippen LogP contribution >= 0.6 is 0 Å². The van der Waals surface area contributed by atoms with Crippen LogP contribution in [0.15, 0.2) is 36.4 Å². The highest BCUT2D eigenvalue weighted by atomic mass is 19.1. The predicted molar refractivity (Wildman–Crippen MR) is 140 cm³/mol. The molecule has 0 bridgehead atoms. The highest BCUT2D eigenvalue weighted by molar-refractivity contribution is 6.16. The fourth-order valence-electron chi connectivity index (χ4n) is 5.18. The van der Waals surface area contributed by atoms with E-state index in [1.54, 1.807) is 6.07 Å². The molecule has 3 amide bonds. The third-order valence-corrected chi connectivity index (χ3v) is 7.70. The van der Waals surface area contributed by atoms with Gasteiger partial charge in [0.15, 0.2) is 19.2 Å². The van der Waals surface area contributed by atoms with Gasteiger partial charge in [-0.15, -0.1) is 0 Å². The summed E-state index contributed by atoms with van der Waals surface area (Å²) >= 11 is 0. The molecule has 0 saturated carbocycles. The summed E-state index contributed by atoms with van der Waals surface area (Å²) in [7, 11) is 10.7. The SMILES string of the molecule is [B]C1(O)OC(O)(O)C([B])(O)N(Cc2ccc(F)c(CNc3cccc4c3CN(C3(O)CCC(=O)NC3=O)C4=O)c2)C1(O)O. The number of nitrogens with zero attached hydrogens (tertiary/aromatic N) is 2. The quantitative estimate of drug-likeness (QED) is 0.0886. The second kappa shape index (κ2) is 10.0. The van der Waals surface area contributed by atoms with E-state index in [0.29, 0.717) is 11.3 Å². The fourth-order valence-corrected chi connectivity index (χ4v) is 5.18. The standard InChI is InChI=1S/C25H25B2FN4O11/c26-22(37)25(41,42)43-23(27,38)24(39,40)32(22)10-12-4-5-16(28)13(8-12)9-29-17-3-1-2-14-15(17)11-31(19(14)34)21(36)7-6-18(33)30-20(21)35/h1-5,8,29,36-42H,6-7,9-11H2,(H,30,33,35). The molecule has 4 radical (unpaired) electrons. The highest BCUT2D eigenvalue weighted by Crippen LogP contribution is 2.42.